The van der Waals surface area contributed by atoms with Crippen LogP contribution in [0.4, 0.5) is 0 Å². The van der Waals surface area contributed by atoms with Crippen molar-refractivity contribution in [1.29, 1.82) is 0 Å². The molecule has 3 nitrogen and oxygen atoms in total. The van der Waals surface area contributed by atoms with E-state index < -0.39 is 8.60 Å². The molecule has 0 spiro atoms. The second-order valence-electron chi connectivity index (χ2n) is 26.3. The summed E-state index contributed by atoms with van der Waals surface area (Å²) >= 11 is 0. The molecule has 0 aliphatic heterocycles. The second-order valence-corrected chi connectivity index (χ2v) is 27.3. The van der Waals surface area contributed by atoms with Gasteiger partial charge in [0.1, 0.15) is 17.2 Å². The third-order valence-corrected chi connectivity index (χ3v) is 19.4. The molecule has 0 aromatic heterocycles. The third kappa shape index (κ3) is 12.5. The average Bonchev–Trinajstić information content (AvgIpc) is 3.28. The molecule has 0 radical (unpaired) electrons. The molecular formula is C63H105O3P. The van der Waals surface area contributed by atoms with E-state index in [4.69, 9.17) is 13.6 Å². The van der Waals surface area contributed by atoms with Gasteiger partial charge in [0, 0.05) is 33.4 Å². The van der Waals surface area contributed by atoms with Crippen LogP contribution in [-0.4, -0.2) is 0 Å². The maximum atomic E-state index is 7.93. The minimum absolute atomic E-state index is 0.0159. The SMILES string of the molecule is CCC(C)(C)c1cc(C(C)(C)CC)c(OP(Oc2c(C(C)(C)CC)cc(C(C)(C)CC)cc2C(C)(C)CC)Oc2c(C(C)(C)CC)cc(C(C)(C)CC)cc2C(C)(C)CC)c(C(C)(C)CC)c1. The first-order chi connectivity index (χ1) is 30.5. The van der Waals surface area contributed by atoms with E-state index in [1.807, 2.05) is 0 Å². The van der Waals surface area contributed by atoms with E-state index in [2.05, 4.69) is 223 Å². The molecule has 0 amide bonds. The molecule has 3 aromatic rings. The molecule has 0 heterocycles. The van der Waals surface area contributed by atoms with Crippen LogP contribution in [0.3, 0.4) is 0 Å². The van der Waals surface area contributed by atoms with Gasteiger partial charge in [-0.25, -0.2) is 0 Å². The number of benzene rings is 3. The fourth-order valence-electron chi connectivity index (χ4n) is 8.40. The molecule has 3 rings (SSSR count). The van der Waals surface area contributed by atoms with Gasteiger partial charge in [0.05, 0.1) is 0 Å². The van der Waals surface area contributed by atoms with Gasteiger partial charge in [-0.2, -0.15) is 0 Å². The maximum Gasteiger partial charge on any atom is 0.530 e. The highest BCUT2D eigenvalue weighted by Gasteiger charge is 2.42. The number of hydrogen-bond acceptors (Lipinski definition) is 3. The molecule has 0 fully saturated rings. The minimum Gasteiger partial charge on any atom is -0.408 e. The zero-order valence-corrected chi connectivity index (χ0v) is 49.9. The van der Waals surface area contributed by atoms with E-state index >= 15 is 0 Å². The summed E-state index contributed by atoms with van der Waals surface area (Å²) < 4.78 is 23.8. The van der Waals surface area contributed by atoms with E-state index in [9.17, 15) is 0 Å². The maximum absolute atomic E-state index is 7.93. The summed E-state index contributed by atoms with van der Waals surface area (Å²) in [6, 6.07) is 14.9. The summed E-state index contributed by atoms with van der Waals surface area (Å²) in [6.45, 7) is 63.9. The van der Waals surface area contributed by atoms with Crippen LogP contribution in [0.1, 0.15) is 295 Å². The highest BCUT2D eigenvalue weighted by Crippen LogP contribution is 2.57. The zero-order chi connectivity index (χ0) is 51.7. The van der Waals surface area contributed by atoms with Crippen LogP contribution in [0.25, 0.3) is 0 Å². The summed E-state index contributed by atoms with van der Waals surface area (Å²) in [6.07, 6.45) is 8.88. The smallest absolute Gasteiger partial charge is 0.408 e. The van der Waals surface area contributed by atoms with Crippen LogP contribution < -0.4 is 13.6 Å². The van der Waals surface area contributed by atoms with Crippen LogP contribution in [0.15, 0.2) is 36.4 Å². The van der Waals surface area contributed by atoms with E-state index in [-0.39, 0.29) is 48.7 Å². The minimum atomic E-state index is -2.12. The molecule has 0 saturated carbocycles. The van der Waals surface area contributed by atoms with Crippen LogP contribution >= 0.6 is 8.60 Å². The Hall–Kier alpha value is -2.51. The van der Waals surface area contributed by atoms with Crippen molar-refractivity contribution in [3.05, 3.63) is 86.5 Å². The molecule has 3 aromatic carbocycles. The topological polar surface area (TPSA) is 27.7 Å². The first-order valence-electron chi connectivity index (χ1n) is 26.9. The molecule has 0 unspecified atom stereocenters. The second kappa shape index (κ2) is 21.1. The number of rotatable bonds is 24. The van der Waals surface area contributed by atoms with Gasteiger partial charge in [-0.05, 0) is 123 Å². The van der Waals surface area contributed by atoms with Crippen molar-refractivity contribution >= 4 is 8.60 Å². The predicted octanol–water partition coefficient (Wildman–Crippen LogP) is 20.6. The van der Waals surface area contributed by atoms with Gasteiger partial charge in [-0.1, -0.05) is 223 Å². The Morgan fingerprint density at radius 3 is 0.507 bits per heavy atom. The summed E-state index contributed by atoms with van der Waals surface area (Å²) in [7, 11) is -2.12. The average molecular weight is 942 g/mol. The van der Waals surface area contributed by atoms with Gasteiger partial charge >= 0.3 is 8.60 Å². The Labute approximate surface area is 417 Å². The molecule has 0 atom stereocenters. The van der Waals surface area contributed by atoms with Gasteiger partial charge in [0.15, 0.2) is 0 Å². The Kier molecular flexibility index (Phi) is 18.5. The Balaban J connectivity index is 2.82. The lowest BCUT2D eigenvalue weighted by atomic mass is 9.71. The van der Waals surface area contributed by atoms with Crippen LogP contribution in [0, 0.1) is 0 Å². The zero-order valence-electron chi connectivity index (χ0n) is 49.0. The van der Waals surface area contributed by atoms with Crippen molar-refractivity contribution in [3.63, 3.8) is 0 Å². The first kappa shape index (κ1) is 58.8. The van der Waals surface area contributed by atoms with Gasteiger partial charge in [0.2, 0.25) is 0 Å². The molecule has 0 N–H and O–H groups in total. The first-order valence-corrected chi connectivity index (χ1v) is 28.0. The fourth-order valence-corrected chi connectivity index (χ4v) is 9.55. The van der Waals surface area contributed by atoms with Gasteiger partial charge in [0.25, 0.3) is 0 Å². The third-order valence-electron chi connectivity index (χ3n) is 18.4. The predicted molar refractivity (Wildman–Crippen MR) is 298 cm³/mol. The largest absolute Gasteiger partial charge is 0.530 e. The van der Waals surface area contributed by atoms with Gasteiger partial charge in [-0.15, -0.1) is 0 Å². The summed E-state index contributed by atoms with van der Waals surface area (Å²) in [5.41, 5.74) is 10.3. The van der Waals surface area contributed by atoms with Gasteiger partial charge in [-0.3, -0.25) is 0 Å². The standard InChI is InChI=1S/C63H105O3P/c1-28-55(10,11)43-37-46(58(16,17)31-4)52(47(38-43)59(18,19)32-5)64-67(65-53-48(60(20,21)33-6)39-44(56(12,13)29-2)40-49(53)61(22,23)34-7)66-54-50(62(24,25)35-8)41-45(57(14,15)30-3)42-51(54)63(26,27)36-9/h37-42H,28-36H2,1-27H3. The van der Waals surface area contributed by atoms with Crippen molar-refractivity contribution < 1.29 is 13.6 Å². The summed E-state index contributed by atoms with van der Waals surface area (Å²) in [5.74, 6) is 2.77. The van der Waals surface area contributed by atoms with Crippen LogP contribution in [0.2, 0.25) is 0 Å². The summed E-state index contributed by atoms with van der Waals surface area (Å²) in [5, 5.41) is 0. The van der Waals surface area contributed by atoms with Crippen LogP contribution in [-0.2, 0) is 48.7 Å². The molecule has 0 aliphatic rings. The molecule has 0 bridgehead atoms. The van der Waals surface area contributed by atoms with E-state index in [0.717, 1.165) is 75.0 Å². The highest BCUT2D eigenvalue weighted by molar-refractivity contribution is 7.43. The highest BCUT2D eigenvalue weighted by atomic mass is 31.2. The van der Waals surface area contributed by atoms with E-state index in [1.165, 1.54) is 50.1 Å². The lowest BCUT2D eigenvalue weighted by Gasteiger charge is -2.39. The summed E-state index contributed by atoms with van der Waals surface area (Å²) in [4.78, 5) is 0. The van der Waals surface area contributed by atoms with E-state index in [1.54, 1.807) is 0 Å². The Bertz CT molecular complexity index is 1780. The molecule has 380 valence electrons. The number of hydrogen-bond donors (Lipinski definition) is 0. The Morgan fingerprint density at radius 1 is 0.254 bits per heavy atom. The molecule has 0 saturated heterocycles. The Morgan fingerprint density at radius 2 is 0.388 bits per heavy atom. The lowest BCUT2D eigenvalue weighted by molar-refractivity contribution is 0.345. The quantitative estimate of drug-likeness (QED) is 0.0838. The molecular weight excluding hydrogens is 836 g/mol. The van der Waals surface area contributed by atoms with Crippen molar-refractivity contribution in [2.45, 2.75) is 293 Å². The molecule has 67 heavy (non-hydrogen) atoms. The van der Waals surface area contributed by atoms with Crippen molar-refractivity contribution in [1.82, 2.24) is 0 Å². The molecule has 4 heteroatoms. The molecule has 0 aliphatic carbocycles. The van der Waals surface area contributed by atoms with Gasteiger partial charge < -0.3 is 13.6 Å². The lowest BCUT2D eigenvalue weighted by Crippen LogP contribution is -2.28. The van der Waals surface area contributed by atoms with E-state index in [0.29, 0.717) is 0 Å². The van der Waals surface area contributed by atoms with Crippen LogP contribution in [0.5, 0.6) is 17.2 Å². The van der Waals surface area contributed by atoms with Crippen molar-refractivity contribution in [2.24, 2.45) is 0 Å². The van der Waals surface area contributed by atoms with Crippen molar-refractivity contribution in [2.75, 3.05) is 0 Å². The monoisotopic (exact) mass is 941 g/mol. The fraction of sp³-hybridized carbons (Fsp3) is 0.714. The van der Waals surface area contributed by atoms with Crippen molar-refractivity contribution in [3.8, 4) is 17.2 Å². The normalized spacial score (nSPS) is 14.0.